The molecule has 15 heavy (non-hydrogen) atoms. The third-order valence-corrected chi connectivity index (χ3v) is 2.23. The Bertz CT molecular complexity index is 506. The zero-order valence-corrected chi connectivity index (χ0v) is 14.0. The predicted octanol–water partition coefficient (Wildman–Crippen LogP) is 1.51. The number of carbonyl (C=O) groups excluding carboxylic acids is 1. The van der Waals surface area contributed by atoms with Crippen molar-refractivity contribution < 1.29 is 37.6 Å². The molecule has 0 bridgehead atoms. The molecule has 0 fully saturated rings. The molecular formula is C12H9HgO2. The average Bonchev–Trinajstić information content (AvgIpc) is 2.16. The van der Waals surface area contributed by atoms with Gasteiger partial charge in [0.25, 0.3) is 0 Å². The van der Waals surface area contributed by atoms with Gasteiger partial charge in [-0.25, -0.2) is 0 Å². The molecule has 0 amide bonds. The van der Waals surface area contributed by atoms with Crippen LogP contribution in [0.15, 0.2) is 36.4 Å². The fourth-order valence-electron chi connectivity index (χ4n) is 1.49. The second kappa shape index (κ2) is 4.75. The van der Waals surface area contributed by atoms with E-state index in [-0.39, 0.29) is 33.2 Å². The van der Waals surface area contributed by atoms with Crippen molar-refractivity contribution in [3.05, 3.63) is 47.5 Å². The quantitative estimate of drug-likeness (QED) is 0.698. The van der Waals surface area contributed by atoms with Crippen molar-refractivity contribution in [1.29, 1.82) is 0 Å². The van der Waals surface area contributed by atoms with Crippen LogP contribution in [0.25, 0.3) is 10.8 Å². The van der Waals surface area contributed by atoms with E-state index in [0.29, 0.717) is 0 Å². The van der Waals surface area contributed by atoms with Crippen LogP contribution in [0.3, 0.4) is 0 Å². The molecule has 0 aliphatic carbocycles. The smallest absolute Gasteiger partial charge is 0.545 e. The van der Waals surface area contributed by atoms with Gasteiger partial charge in [0.15, 0.2) is 0 Å². The molecule has 0 atom stereocenters. The van der Waals surface area contributed by atoms with Crippen LogP contribution >= 0.6 is 0 Å². The van der Waals surface area contributed by atoms with Gasteiger partial charge in [0.05, 0.1) is 5.97 Å². The van der Waals surface area contributed by atoms with Crippen molar-refractivity contribution in [3.63, 3.8) is 0 Å². The van der Waals surface area contributed by atoms with E-state index in [2.05, 4.69) is 0 Å². The maximum absolute atomic E-state index is 10.6. The van der Waals surface area contributed by atoms with E-state index in [4.69, 9.17) is 0 Å². The number of carboxylic acid groups (broad SMARTS) is 1. The van der Waals surface area contributed by atoms with Crippen LogP contribution in [0.1, 0.15) is 15.9 Å². The summed E-state index contributed by atoms with van der Waals surface area (Å²) in [5, 5.41) is 12.6. The van der Waals surface area contributed by atoms with Crippen molar-refractivity contribution in [2.75, 3.05) is 0 Å². The number of carbonyl (C=O) groups is 1. The van der Waals surface area contributed by atoms with Crippen LogP contribution in [0, 0.1) is 6.92 Å². The number of hydrogen-bond acceptors (Lipinski definition) is 2. The van der Waals surface area contributed by atoms with E-state index in [1.807, 2.05) is 25.1 Å². The van der Waals surface area contributed by atoms with Gasteiger partial charge in [-0.1, -0.05) is 35.9 Å². The summed E-state index contributed by atoms with van der Waals surface area (Å²) in [5.41, 5.74) is 1.39. The molecule has 0 saturated heterocycles. The summed E-state index contributed by atoms with van der Waals surface area (Å²) in [6.45, 7) is 2.01. The molecule has 71 valence electrons. The van der Waals surface area contributed by atoms with Gasteiger partial charge >= 0.3 is 27.7 Å². The zero-order chi connectivity index (χ0) is 10.1. The Hall–Kier alpha value is -0.895. The number of benzene rings is 2. The minimum absolute atomic E-state index is 0. The Morgan fingerprint density at radius 1 is 1.07 bits per heavy atom. The van der Waals surface area contributed by atoms with Gasteiger partial charge in [-0.3, -0.25) is 0 Å². The average molecular weight is 386 g/mol. The molecule has 1 radical (unpaired) electrons. The van der Waals surface area contributed by atoms with Crippen LogP contribution in [-0.2, 0) is 27.7 Å². The molecule has 0 aliphatic rings. The van der Waals surface area contributed by atoms with Gasteiger partial charge in [0.1, 0.15) is 0 Å². The molecule has 2 aromatic rings. The number of carboxylic acids is 1. The first-order valence-electron chi connectivity index (χ1n) is 4.38. The Morgan fingerprint density at radius 3 is 2.33 bits per heavy atom. The first kappa shape index (κ1) is 12.2. The van der Waals surface area contributed by atoms with Crippen LogP contribution in [0.5, 0.6) is 0 Å². The Morgan fingerprint density at radius 2 is 1.67 bits per heavy atom. The fraction of sp³-hybridized carbons (Fsp3) is 0.0833. The van der Waals surface area contributed by atoms with Crippen molar-refractivity contribution in [3.8, 4) is 0 Å². The second-order valence-electron chi connectivity index (χ2n) is 3.35. The molecule has 0 saturated carbocycles. The molecule has 3 heteroatoms. The van der Waals surface area contributed by atoms with E-state index in [9.17, 15) is 9.90 Å². The molecule has 0 unspecified atom stereocenters. The summed E-state index contributed by atoms with van der Waals surface area (Å²) in [5.74, 6) is -1.13. The second-order valence-corrected chi connectivity index (χ2v) is 3.35. The minimum Gasteiger partial charge on any atom is -0.545 e. The molecule has 0 aromatic heterocycles. The SMILES string of the molecule is Cc1ccc2cc(C(=O)[O-])ccc2c1.[Hg+]. The first-order chi connectivity index (χ1) is 6.66. The largest absolute Gasteiger partial charge is 1.00 e. The third-order valence-electron chi connectivity index (χ3n) is 2.23. The van der Waals surface area contributed by atoms with E-state index >= 15 is 0 Å². The standard InChI is InChI=1S/C12H10O2.Hg/c1-8-2-3-10-7-11(12(13)14)5-4-9(10)6-8;/h2-7H,1H3,(H,13,14);/q;+1/p-1. The number of rotatable bonds is 1. The van der Waals surface area contributed by atoms with Gasteiger partial charge in [-0.2, -0.15) is 0 Å². The molecule has 0 spiro atoms. The summed E-state index contributed by atoms with van der Waals surface area (Å²) >= 11 is 0. The molecule has 2 rings (SSSR count). The van der Waals surface area contributed by atoms with E-state index in [1.54, 1.807) is 18.2 Å². The van der Waals surface area contributed by atoms with Crippen LogP contribution in [-0.4, -0.2) is 5.97 Å². The Labute approximate surface area is 108 Å². The number of fused-ring (bicyclic) bond motifs is 1. The number of hydrogen-bond donors (Lipinski definition) is 0. The van der Waals surface area contributed by atoms with Crippen molar-refractivity contribution in [2.45, 2.75) is 6.92 Å². The Kier molecular flexibility index (Phi) is 3.86. The Balaban J connectivity index is 0.00000112. The summed E-state index contributed by atoms with van der Waals surface area (Å²) in [7, 11) is 0. The van der Waals surface area contributed by atoms with Gasteiger partial charge in [-0.05, 0) is 29.3 Å². The summed E-state index contributed by atoms with van der Waals surface area (Å²) in [6.07, 6.45) is 0. The summed E-state index contributed by atoms with van der Waals surface area (Å²) < 4.78 is 0. The van der Waals surface area contributed by atoms with Gasteiger partial charge in [-0.15, -0.1) is 0 Å². The van der Waals surface area contributed by atoms with Crippen LogP contribution in [0.4, 0.5) is 0 Å². The number of aromatic carboxylic acids is 1. The summed E-state index contributed by atoms with van der Waals surface area (Å²) in [4.78, 5) is 10.6. The minimum atomic E-state index is -1.13. The van der Waals surface area contributed by atoms with E-state index in [0.717, 1.165) is 10.8 Å². The van der Waals surface area contributed by atoms with Crippen molar-refractivity contribution >= 4 is 16.7 Å². The number of aryl methyl sites for hydroxylation is 1. The molecular weight excluding hydrogens is 377 g/mol. The fourth-order valence-corrected chi connectivity index (χ4v) is 1.49. The van der Waals surface area contributed by atoms with E-state index in [1.165, 1.54) is 5.56 Å². The predicted molar refractivity (Wildman–Crippen MR) is 53.0 cm³/mol. The van der Waals surface area contributed by atoms with Gasteiger partial charge < -0.3 is 9.90 Å². The van der Waals surface area contributed by atoms with E-state index < -0.39 is 5.97 Å². The van der Waals surface area contributed by atoms with Gasteiger partial charge in [0.2, 0.25) is 0 Å². The first-order valence-corrected chi connectivity index (χ1v) is 4.38. The van der Waals surface area contributed by atoms with Crippen LogP contribution < -0.4 is 5.11 Å². The zero-order valence-electron chi connectivity index (χ0n) is 8.49. The monoisotopic (exact) mass is 387 g/mol. The molecule has 0 heterocycles. The molecule has 2 aromatic carbocycles. The molecule has 0 N–H and O–H groups in total. The summed E-state index contributed by atoms with van der Waals surface area (Å²) in [6, 6.07) is 10.9. The van der Waals surface area contributed by atoms with Gasteiger partial charge in [0, 0.05) is 0 Å². The van der Waals surface area contributed by atoms with Crippen LogP contribution in [0.2, 0.25) is 0 Å². The maximum Gasteiger partial charge on any atom is 1.00 e. The van der Waals surface area contributed by atoms with Crippen molar-refractivity contribution in [2.24, 2.45) is 0 Å². The third kappa shape index (κ3) is 2.56. The topological polar surface area (TPSA) is 40.1 Å². The molecule has 0 aliphatic heterocycles. The normalized spacial score (nSPS) is 9.67. The van der Waals surface area contributed by atoms with Crippen molar-refractivity contribution in [1.82, 2.24) is 0 Å². The molecule has 2 nitrogen and oxygen atoms in total. The maximum atomic E-state index is 10.6.